The van der Waals surface area contributed by atoms with Crippen LogP contribution in [-0.4, -0.2) is 5.78 Å². The van der Waals surface area contributed by atoms with Crippen molar-refractivity contribution in [2.75, 3.05) is 0 Å². The Morgan fingerprint density at radius 3 is 1.88 bits per heavy atom. The van der Waals surface area contributed by atoms with Crippen LogP contribution in [0.3, 0.4) is 0 Å². The lowest BCUT2D eigenvalue weighted by Crippen LogP contribution is -2.00. The minimum atomic E-state index is 0.219. The molecular weight excluding hydrogens is 196 g/mol. The maximum absolute atomic E-state index is 10.9. The molecule has 0 aromatic carbocycles. The molecule has 1 aliphatic carbocycles. The summed E-state index contributed by atoms with van der Waals surface area (Å²) in [6, 6.07) is 0. The van der Waals surface area contributed by atoms with Gasteiger partial charge in [0.05, 0.1) is 0 Å². The van der Waals surface area contributed by atoms with E-state index in [1.54, 1.807) is 6.92 Å². The maximum atomic E-state index is 10.9. The van der Waals surface area contributed by atoms with Crippen LogP contribution in [-0.2, 0) is 4.79 Å². The van der Waals surface area contributed by atoms with Gasteiger partial charge < -0.3 is 0 Å². The summed E-state index contributed by atoms with van der Waals surface area (Å²) >= 11 is 0. The van der Waals surface area contributed by atoms with Gasteiger partial charge in [0.25, 0.3) is 0 Å². The van der Waals surface area contributed by atoms with Gasteiger partial charge in [0.1, 0.15) is 0 Å². The van der Waals surface area contributed by atoms with E-state index in [9.17, 15) is 4.79 Å². The number of carbonyl (C=O) groups is 1. The van der Waals surface area contributed by atoms with E-state index >= 15 is 0 Å². The number of hydrogen-bond donors (Lipinski definition) is 0. The van der Waals surface area contributed by atoms with Crippen LogP contribution in [0.4, 0.5) is 0 Å². The predicted octanol–water partition coefficient (Wildman–Crippen LogP) is 5.07. The molecule has 1 heteroatoms. The van der Waals surface area contributed by atoms with Gasteiger partial charge in [0.2, 0.25) is 0 Å². The predicted molar refractivity (Wildman–Crippen MR) is 73.7 cm³/mol. The highest BCUT2D eigenvalue weighted by Gasteiger charge is 2.07. The lowest BCUT2D eigenvalue weighted by atomic mass is 9.95. The second-order valence-electron chi connectivity index (χ2n) is 3.63. The molecule has 0 fully saturated rings. The Kier molecular flexibility index (Phi) is 13.4. The molecule has 0 heterocycles. The number of rotatable bonds is 2. The molecule has 0 aliphatic heterocycles. The molecule has 1 rings (SSSR count). The first-order valence-corrected chi connectivity index (χ1v) is 6.55. The zero-order valence-corrected chi connectivity index (χ0v) is 11.9. The van der Waals surface area contributed by atoms with Gasteiger partial charge in [-0.05, 0) is 31.8 Å². The molecule has 1 nitrogen and oxygen atoms in total. The monoisotopic (exact) mass is 224 g/mol. The number of hydrogen-bond acceptors (Lipinski definition) is 1. The smallest absolute Gasteiger partial charge is 0.155 e. The molecule has 94 valence electrons. The molecule has 0 aromatic rings. The molecule has 0 saturated heterocycles. The lowest BCUT2D eigenvalue weighted by Gasteiger charge is -2.10. The quantitative estimate of drug-likeness (QED) is 0.639. The fraction of sp³-hybridized carbons (Fsp3) is 0.667. The Hall–Kier alpha value is -0.850. The summed E-state index contributed by atoms with van der Waals surface area (Å²) in [5.41, 5.74) is 2.43. The summed E-state index contributed by atoms with van der Waals surface area (Å²) in [5.74, 6) is 0.219. The Bertz CT molecular complexity index is 234. The fourth-order valence-corrected chi connectivity index (χ4v) is 1.27. The van der Waals surface area contributed by atoms with E-state index in [0.717, 1.165) is 24.8 Å². The van der Waals surface area contributed by atoms with E-state index < -0.39 is 0 Å². The molecular formula is C15H28O. The second kappa shape index (κ2) is 12.2. The van der Waals surface area contributed by atoms with E-state index in [0.29, 0.717) is 0 Å². The third kappa shape index (κ3) is 8.46. The van der Waals surface area contributed by atoms with Gasteiger partial charge in [-0.2, -0.15) is 0 Å². The minimum absolute atomic E-state index is 0.219. The third-order valence-electron chi connectivity index (χ3n) is 2.14. The Morgan fingerprint density at radius 1 is 1.12 bits per heavy atom. The molecule has 0 unspecified atom stereocenters. The minimum Gasteiger partial charge on any atom is -0.295 e. The molecule has 0 bridgehead atoms. The van der Waals surface area contributed by atoms with E-state index in [2.05, 4.69) is 26.8 Å². The number of Topliss-reactive ketones (excluding diaryl/α,β-unsaturated/α-hetero) is 1. The zero-order chi connectivity index (χ0) is 13.0. The Morgan fingerprint density at radius 2 is 1.62 bits per heavy atom. The van der Waals surface area contributed by atoms with E-state index in [1.807, 2.05) is 19.9 Å². The van der Waals surface area contributed by atoms with Crippen molar-refractivity contribution in [2.45, 2.75) is 67.2 Å². The van der Waals surface area contributed by atoms with Crippen molar-refractivity contribution in [3.8, 4) is 0 Å². The topological polar surface area (TPSA) is 17.1 Å². The largest absolute Gasteiger partial charge is 0.295 e. The van der Waals surface area contributed by atoms with E-state index in [1.165, 1.54) is 12.0 Å². The van der Waals surface area contributed by atoms with Crippen LogP contribution in [0.25, 0.3) is 0 Å². The fourth-order valence-electron chi connectivity index (χ4n) is 1.27. The van der Waals surface area contributed by atoms with E-state index in [-0.39, 0.29) is 5.78 Å². The molecule has 0 radical (unpaired) electrons. The summed E-state index contributed by atoms with van der Waals surface area (Å²) in [6.07, 6.45) is 8.42. The third-order valence-corrected chi connectivity index (χ3v) is 2.14. The first-order valence-electron chi connectivity index (χ1n) is 6.55. The van der Waals surface area contributed by atoms with Crippen LogP contribution >= 0.6 is 0 Å². The van der Waals surface area contributed by atoms with Gasteiger partial charge >= 0.3 is 0 Å². The second-order valence-corrected chi connectivity index (χ2v) is 3.63. The van der Waals surface area contributed by atoms with E-state index in [4.69, 9.17) is 0 Å². The molecule has 0 saturated carbocycles. The standard InChI is InChI=1S/C10H14O.C3H8.C2H6/c1-3-9-4-6-10(7-5-9)8(2)11;1-3-2;1-2/h4,6H,3,5,7H2,1-2H3;3H2,1-2H3;1-2H3. The average Bonchev–Trinajstić information content (AvgIpc) is 2.33. The highest BCUT2D eigenvalue weighted by atomic mass is 16.1. The number of carbonyl (C=O) groups excluding carboxylic acids is 1. The van der Waals surface area contributed by atoms with Crippen molar-refractivity contribution in [2.24, 2.45) is 0 Å². The Balaban J connectivity index is 0. The van der Waals surface area contributed by atoms with Gasteiger partial charge in [-0.1, -0.05) is 58.8 Å². The molecule has 0 atom stereocenters. The van der Waals surface area contributed by atoms with Gasteiger partial charge in [-0.15, -0.1) is 0 Å². The van der Waals surface area contributed by atoms with Gasteiger partial charge in [-0.25, -0.2) is 0 Å². The lowest BCUT2D eigenvalue weighted by molar-refractivity contribution is -0.113. The molecule has 0 spiro atoms. The maximum Gasteiger partial charge on any atom is 0.155 e. The van der Waals surface area contributed by atoms with Gasteiger partial charge in [0, 0.05) is 0 Å². The van der Waals surface area contributed by atoms with Crippen molar-refractivity contribution in [1.82, 2.24) is 0 Å². The number of ketones is 1. The van der Waals surface area contributed by atoms with Crippen molar-refractivity contribution >= 4 is 5.78 Å². The van der Waals surface area contributed by atoms with Crippen molar-refractivity contribution < 1.29 is 4.79 Å². The first-order chi connectivity index (χ1) is 7.65. The van der Waals surface area contributed by atoms with Crippen LogP contribution in [0, 0.1) is 0 Å². The zero-order valence-electron chi connectivity index (χ0n) is 11.9. The van der Waals surface area contributed by atoms with Crippen molar-refractivity contribution in [1.29, 1.82) is 0 Å². The Labute approximate surface area is 102 Å². The van der Waals surface area contributed by atoms with Gasteiger partial charge in [0.15, 0.2) is 5.78 Å². The van der Waals surface area contributed by atoms with Gasteiger partial charge in [-0.3, -0.25) is 4.79 Å². The summed E-state index contributed by atoms with van der Waals surface area (Å²) in [4.78, 5) is 10.9. The van der Waals surface area contributed by atoms with Crippen LogP contribution in [0.1, 0.15) is 67.2 Å². The van der Waals surface area contributed by atoms with Crippen LogP contribution in [0.5, 0.6) is 0 Å². The molecule has 0 amide bonds. The highest BCUT2D eigenvalue weighted by Crippen LogP contribution is 2.20. The van der Waals surface area contributed by atoms with Crippen LogP contribution in [0.15, 0.2) is 23.3 Å². The normalized spacial score (nSPS) is 13.4. The van der Waals surface area contributed by atoms with Crippen LogP contribution in [0.2, 0.25) is 0 Å². The van der Waals surface area contributed by atoms with Crippen molar-refractivity contribution in [3.63, 3.8) is 0 Å². The molecule has 1 aliphatic rings. The molecule has 0 aromatic heterocycles. The summed E-state index contributed by atoms with van der Waals surface area (Å²) in [7, 11) is 0. The molecule has 16 heavy (non-hydrogen) atoms. The van der Waals surface area contributed by atoms with Crippen molar-refractivity contribution in [3.05, 3.63) is 23.3 Å². The summed E-state index contributed by atoms with van der Waals surface area (Å²) in [5, 5.41) is 0. The average molecular weight is 224 g/mol. The SMILES string of the molecule is CC.CCC.CCC1=CC=C(C(C)=O)CC1. The van der Waals surface area contributed by atoms with Crippen LogP contribution < -0.4 is 0 Å². The number of allylic oxidation sites excluding steroid dienone is 4. The summed E-state index contributed by atoms with van der Waals surface area (Å²) < 4.78 is 0. The highest BCUT2D eigenvalue weighted by molar-refractivity contribution is 5.93. The first kappa shape index (κ1) is 17.5. The molecule has 0 N–H and O–H groups in total. The summed E-state index contributed by atoms with van der Waals surface area (Å²) in [6.45, 7) is 12.0.